The number of H-pyrrole nitrogens is 1. The van der Waals surface area contributed by atoms with Gasteiger partial charge in [-0.25, -0.2) is 4.68 Å². The Kier molecular flexibility index (Phi) is 3.03. The van der Waals surface area contributed by atoms with E-state index >= 15 is 0 Å². The molecule has 96 valence electrons. The fraction of sp³-hybridized carbons (Fsp3) is 0.0909. The maximum Gasteiger partial charge on any atom is 0.209 e. The van der Waals surface area contributed by atoms with Gasteiger partial charge < -0.3 is 0 Å². The molecule has 0 aliphatic carbocycles. The number of hydrogen-bond acceptors (Lipinski definition) is 4. The topological polar surface area (TPSA) is 64.3 Å². The van der Waals surface area contributed by atoms with Crippen molar-refractivity contribution in [3.8, 4) is 17.1 Å². The molecule has 0 radical (unpaired) electrons. The maximum atomic E-state index is 5.45. The van der Waals surface area contributed by atoms with Gasteiger partial charge in [-0.05, 0) is 33.3 Å². The van der Waals surface area contributed by atoms with E-state index in [9.17, 15) is 0 Å². The molecule has 1 aromatic carbocycles. The van der Waals surface area contributed by atoms with E-state index in [1.165, 1.54) is 4.80 Å². The van der Waals surface area contributed by atoms with Gasteiger partial charge in [0.05, 0.1) is 18.3 Å². The van der Waals surface area contributed by atoms with Crippen molar-refractivity contribution in [3.05, 3.63) is 39.6 Å². The summed E-state index contributed by atoms with van der Waals surface area (Å²) in [6.07, 6.45) is 1.78. The number of aromatic nitrogens is 6. The SMILES string of the molecule is Cn1nnc(-c2c[nH]n(-c3ccccc3Br)c2=S)n1. The molecule has 19 heavy (non-hydrogen) atoms. The van der Waals surface area contributed by atoms with Crippen LogP contribution in [0.25, 0.3) is 17.1 Å². The van der Waals surface area contributed by atoms with Crippen LogP contribution < -0.4 is 0 Å². The second kappa shape index (κ2) is 4.71. The minimum absolute atomic E-state index is 0.509. The minimum Gasteiger partial charge on any atom is -0.299 e. The third-order valence-electron chi connectivity index (χ3n) is 2.61. The fourth-order valence-corrected chi connectivity index (χ4v) is 2.50. The van der Waals surface area contributed by atoms with E-state index in [1.807, 2.05) is 24.3 Å². The molecule has 0 saturated heterocycles. The number of para-hydroxylation sites is 1. The molecular formula is C11H9BrN6S. The Hall–Kier alpha value is -1.80. The molecule has 0 bridgehead atoms. The fourth-order valence-electron chi connectivity index (χ4n) is 1.73. The van der Waals surface area contributed by atoms with Crippen molar-refractivity contribution >= 4 is 28.1 Å². The summed E-state index contributed by atoms with van der Waals surface area (Å²) in [5, 5.41) is 15.0. The van der Waals surface area contributed by atoms with Crippen LogP contribution in [0.15, 0.2) is 34.9 Å². The van der Waals surface area contributed by atoms with E-state index in [2.05, 4.69) is 36.4 Å². The third-order valence-corrected chi connectivity index (χ3v) is 3.69. The number of aromatic amines is 1. The normalized spacial score (nSPS) is 10.8. The third kappa shape index (κ3) is 2.13. The van der Waals surface area contributed by atoms with Crippen molar-refractivity contribution in [2.24, 2.45) is 7.05 Å². The van der Waals surface area contributed by atoms with Gasteiger partial charge >= 0.3 is 0 Å². The number of benzene rings is 1. The first-order chi connectivity index (χ1) is 9.16. The zero-order valence-electron chi connectivity index (χ0n) is 9.91. The molecule has 0 saturated carbocycles. The molecule has 0 amide bonds. The van der Waals surface area contributed by atoms with Crippen molar-refractivity contribution in [2.75, 3.05) is 0 Å². The zero-order chi connectivity index (χ0) is 13.4. The van der Waals surface area contributed by atoms with Gasteiger partial charge in [0.2, 0.25) is 5.82 Å². The van der Waals surface area contributed by atoms with E-state index in [0.29, 0.717) is 10.5 Å². The second-order valence-electron chi connectivity index (χ2n) is 3.88. The highest BCUT2D eigenvalue weighted by molar-refractivity contribution is 9.10. The maximum absolute atomic E-state index is 5.45. The molecule has 3 aromatic rings. The van der Waals surface area contributed by atoms with Gasteiger partial charge in [0.1, 0.15) is 4.64 Å². The van der Waals surface area contributed by atoms with E-state index < -0.39 is 0 Å². The quantitative estimate of drug-likeness (QED) is 0.730. The van der Waals surface area contributed by atoms with Crippen molar-refractivity contribution in [2.45, 2.75) is 0 Å². The average molecular weight is 337 g/mol. The predicted octanol–water partition coefficient (Wildman–Crippen LogP) is 2.49. The van der Waals surface area contributed by atoms with Gasteiger partial charge in [-0.2, -0.15) is 4.80 Å². The molecule has 0 aliphatic rings. The molecule has 1 N–H and O–H groups in total. The highest BCUT2D eigenvalue weighted by atomic mass is 79.9. The summed E-state index contributed by atoms with van der Waals surface area (Å²) < 4.78 is 3.36. The van der Waals surface area contributed by atoms with Crippen LogP contribution in [0, 0.1) is 4.64 Å². The first-order valence-electron chi connectivity index (χ1n) is 5.46. The Balaban J connectivity index is 2.15. The number of nitrogens with zero attached hydrogens (tertiary/aromatic N) is 5. The molecule has 0 fully saturated rings. The van der Waals surface area contributed by atoms with E-state index in [0.717, 1.165) is 15.7 Å². The van der Waals surface area contributed by atoms with Gasteiger partial charge in [-0.15, -0.1) is 10.2 Å². The number of hydrogen-bond donors (Lipinski definition) is 1. The Bertz CT molecular complexity index is 786. The van der Waals surface area contributed by atoms with Crippen molar-refractivity contribution in [1.82, 2.24) is 30.0 Å². The summed E-state index contributed by atoms with van der Waals surface area (Å²) in [5.74, 6) is 0.509. The van der Waals surface area contributed by atoms with Crippen molar-refractivity contribution in [1.29, 1.82) is 0 Å². The lowest BCUT2D eigenvalue weighted by molar-refractivity contribution is 0.630. The minimum atomic E-state index is 0.509. The van der Waals surface area contributed by atoms with Crippen molar-refractivity contribution in [3.63, 3.8) is 0 Å². The standard InChI is InChI=1S/C11H9BrN6S/c1-17-15-10(14-16-17)7-6-13-18(11(7)19)9-5-3-2-4-8(9)12/h2-6,13H,1H3. The molecular weight excluding hydrogens is 328 g/mol. The van der Waals surface area contributed by atoms with Crippen molar-refractivity contribution < 1.29 is 0 Å². The van der Waals surface area contributed by atoms with Gasteiger partial charge in [0.25, 0.3) is 0 Å². The molecule has 2 heterocycles. The highest BCUT2D eigenvalue weighted by Crippen LogP contribution is 2.23. The summed E-state index contributed by atoms with van der Waals surface area (Å²) in [4.78, 5) is 1.40. The number of halogens is 1. The lowest BCUT2D eigenvalue weighted by atomic mass is 10.3. The van der Waals surface area contributed by atoms with Gasteiger partial charge in [-0.1, -0.05) is 24.4 Å². The molecule has 6 nitrogen and oxygen atoms in total. The van der Waals surface area contributed by atoms with Crippen LogP contribution in [0.3, 0.4) is 0 Å². The van der Waals surface area contributed by atoms with Crippen LogP contribution in [0.5, 0.6) is 0 Å². The average Bonchev–Trinajstić information content (AvgIpc) is 2.97. The Morgan fingerprint density at radius 1 is 1.32 bits per heavy atom. The molecule has 0 aliphatic heterocycles. The summed E-state index contributed by atoms with van der Waals surface area (Å²) in [6.45, 7) is 0. The van der Waals surface area contributed by atoms with Crippen LogP contribution in [0.2, 0.25) is 0 Å². The summed E-state index contributed by atoms with van der Waals surface area (Å²) in [6, 6.07) is 7.82. The first-order valence-corrected chi connectivity index (χ1v) is 6.66. The molecule has 0 spiro atoms. The predicted molar refractivity (Wildman–Crippen MR) is 76.4 cm³/mol. The number of nitrogens with one attached hydrogen (secondary N) is 1. The summed E-state index contributed by atoms with van der Waals surface area (Å²) in [7, 11) is 1.72. The lowest BCUT2D eigenvalue weighted by Gasteiger charge is -2.04. The van der Waals surface area contributed by atoms with Crippen LogP contribution in [-0.2, 0) is 7.05 Å². The van der Waals surface area contributed by atoms with Gasteiger partial charge in [-0.3, -0.25) is 5.10 Å². The van der Waals surface area contributed by atoms with E-state index in [1.54, 1.807) is 17.9 Å². The monoisotopic (exact) mass is 336 g/mol. The van der Waals surface area contributed by atoms with Crippen LogP contribution in [0.4, 0.5) is 0 Å². The van der Waals surface area contributed by atoms with Gasteiger partial charge in [0, 0.05) is 10.7 Å². The zero-order valence-corrected chi connectivity index (χ0v) is 12.3. The lowest BCUT2D eigenvalue weighted by Crippen LogP contribution is -1.97. The first kappa shape index (κ1) is 12.2. The number of rotatable bonds is 2. The number of aryl methyl sites for hydroxylation is 1. The highest BCUT2D eigenvalue weighted by Gasteiger charge is 2.12. The van der Waals surface area contributed by atoms with Gasteiger partial charge in [0.15, 0.2) is 0 Å². The smallest absolute Gasteiger partial charge is 0.209 e. The largest absolute Gasteiger partial charge is 0.299 e. The summed E-state index contributed by atoms with van der Waals surface area (Å²) in [5.41, 5.74) is 1.68. The molecule has 0 atom stereocenters. The molecule has 2 aromatic heterocycles. The number of tetrazole rings is 1. The van der Waals surface area contributed by atoms with Crippen LogP contribution in [0.1, 0.15) is 0 Å². The van der Waals surface area contributed by atoms with E-state index in [4.69, 9.17) is 12.2 Å². The molecule has 0 unspecified atom stereocenters. The van der Waals surface area contributed by atoms with Crippen LogP contribution in [-0.4, -0.2) is 30.0 Å². The summed E-state index contributed by atoms with van der Waals surface area (Å²) >= 11 is 8.95. The Labute approximate surface area is 122 Å². The van der Waals surface area contributed by atoms with E-state index in [-0.39, 0.29) is 0 Å². The Morgan fingerprint density at radius 3 is 2.79 bits per heavy atom. The van der Waals surface area contributed by atoms with Crippen LogP contribution >= 0.6 is 28.1 Å². The second-order valence-corrected chi connectivity index (χ2v) is 5.12. The molecule has 8 heteroatoms. The Morgan fingerprint density at radius 2 is 2.11 bits per heavy atom. The molecule has 3 rings (SSSR count).